The fourth-order valence-corrected chi connectivity index (χ4v) is 1.54. The lowest BCUT2D eigenvalue weighted by atomic mass is 10.1. The second-order valence-corrected chi connectivity index (χ2v) is 3.22. The number of phenols is 1. The maximum absolute atomic E-state index is 10.9. The summed E-state index contributed by atoms with van der Waals surface area (Å²) in [5.74, 6) is 0.659. The van der Waals surface area contributed by atoms with Gasteiger partial charge in [0.15, 0.2) is 0 Å². The molecule has 1 heterocycles. The van der Waals surface area contributed by atoms with Crippen LogP contribution in [0.3, 0.4) is 0 Å². The van der Waals surface area contributed by atoms with Crippen LogP contribution < -0.4 is 10.1 Å². The van der Waals surface area contributed by atoms with E-state index in [1.165, 1.54) is 13.2 Å². The summed E-state index contributed by atoms with van der Waals surface area (Å²) in [4.78, 5) is 10.9. The molecule has 88 valence electrons. The summed E-state index contributed by atoms with van der Waals surface area (Å²) in [7, 11) is 1.51. The Morgan fingerprint density at radius 1 is 1.56 bits per heavy atom. The van der Waals surface area contributed by atoms with Gasteiger partial charge in [0.25, 0.3) is 0 Å². The Hall–Kier alpha value is -1.62. The number of cyclic esters (lactones) is 1. The summed E-state index contributed by atoms with van der Waals surface area (Å²) >= 11 is 0. The minimum Gasteiger partial charge on any atom is -0.508 e. The van der Waals surface area contributed by atoms with Gasteiger partial charge in [-0.3, -0.25) is 0 Å². The van der Waals surface area contributed by atoms with Gasteiger partial charge in [0, 0.05) is 11.6 Å². The zero-order valence-corrected chi connectivity index (χ0v) is 9.41. The van der Waals surface area contributed by atoms with Crippen LogP contribution in [0.2, 0.25) is 0 Å². The number of carbonyl (C=O) groups excluding carboxylic acids is 1. The number of carbonyl (C=O) groups is 1. The van der Waals surface area contributed by atoms with Crippen molar-refractivity contribution in [2.45, 2.75) is 6.04 Å². The Kier molecular flexibility index (Phi) is 3.84. The van der Waals surface area contributed by atoms with Crippen molar-refractivity contribution in [2.24, 2.45) is 0 Å². The molecule has 1 saturated heterocycles. The first-order valence-electron chi connectivity index (χ1n) is 4.51. The molecule has 1 amide bonds. The van der Waals surface area contributed by atoms with Gasteiger partial charge in [-0.2, -0.15) is 0 Å². The van der Waals surface area contributed by atoms with E-state index in [-0.39, 0.29) is 30.8 Å². The van der Waals surface area contributed by atoms with E-state index in [1.54, 1.807) is 12.1 Å². The molecular weight excluding hydrogens is 234 g/mol. The molecule has 1 fully saturated rings. The van der Waals surface area contributed by atoms with Gasteiger partial charge >= 0.3 is 6.09 Å². The Balaban J connectivity index is 0.00000128. The summed E-state index contributed by atoms with van der Waals surface area (Å²) in [6.45, 7) is 0.278. The predicted octanol–water partition coefficient (Wildman–Crippen LogP) is 1.60. The largest absolute Gasteiger partial charge is 0.508 e. The number of benzene rings is 1. The second kappa shape index (κ2) is 4.94. The number of rotatable bonds is 2. The lowest BCUT2D eigenvalue weighted by Gasteiger charge is -2.12. The number of ether oxygens (including phenoxy) is 2. The maximum Gasteiger partial charge on any atom is 0.407 e. The van der Waals surface area contributed by atoms with Crippen molar-refractivity contribution in [2.75, 3.05) is 13.7 Å². The summed E-state index contributed by atoms with van der Waals surface area (Å²) in [6, 6.07) is 4.53. The van der Waals surface area contributed by atoms with E-state index in [4.69, 9.17) is 9.47 Å². The van der Waals surface area contributed by atoms with Gasteiger partial charge < -0.3 is 19.9 Å². The van der Waals surface area contributed by atoms with E-state index in [0.717, 1.165) is 5.56 Å². The third kappa shape index (κ3) is 2.30. The quantitative estimate of drug-likeness (QED) is 0.831. The van der Waals surface area contributed by atoms with Gasteiger partial charge in [0.2, 0.25) is 0 Å². The first-order chi connectivity index (χ1) is 7.20. The molecule has 0 unspecified atom stereocenters. The topological polar surface area (TPSA) is 67.8 Å². The van der Waals surface area contributed by atoms with Crippen molar-refractivity contribution in [3.8, 4) is 11.5 Å². The molecule has 16 heavy (non-hydrogen) atoms. The molecular formula is C10H12ClNO4. The van der Waals surface area contributed by atoms with Crippen LogP contribution in [0.4, 0.5) is 4.79 Å². The van der Waals surface area contributed by atoms with Crippen LogP contribution in [0.5, 0.6) is 11.5 Å². The smallest absolute Gasteiger partial charge is 0.407 e. The van der Waals surface area contributed by atoms with E-state index in [9.17, 15) is 9.90 Å². The fourth-order valence-electron chi connectivity index (χ4n) is 1.54. The van der Waals surface area contributed by atoms with Gasteiger partial charge in [0.05, 0.1) is 13.2 Å². The summed E-state index contributed by atoms with van der Waals surface area (Å²) < 4.78 is 9.89. The van der Waals surface area contributed by atoms with E-state index >= 15 is 0 Å². The first-order valence-corrected chi connectivity index (χ1v) is 4.51. The molecule has 2 N–H and O–H groups in total. The lowest BCUT2D eigenvalue weighted by molar-refractivity contribution is 0.177. The van der Waals surface area contributed by atoms with Crippen LogP contribution in [0, 0.1) is 0 Å². The molecule has 0 aliphatic carbocycles. The lowest BCUT2D eigenvalue weighted by Crippen LogP contribution is -2.18. The Labute approximate surface area is 98.8 Å². The molecule has 1 aliphatic rings. The van der Waals surface area contributed by atoms with Gasteiger partial charge in [-0.1, -0.05) is 0 Å². The zero-order valence-electron chi connectivity index (χ0n) is 8.60. The van der Waals surface area contributed by atoms with Crippen LogP contribution in [-0.4, -0.2) is 24.9 Å². The number of halogens is 1. The number of alkyl carbamates (subject to hydrolysis) is 1. The Morgan fingerprint density at radius 3 is 2.88 bits per heavy atom. The number of aromatic hydroxyl groups is 1. The predicted molar refractivity (Wildman–Crippen MR) is 59.1 cm³/mol. The average molecular weight is 246 g/mol. The number of nitrogens with one attached hydrogen (secondary N) is 1. The van der Waals surface area contributed by atoms with Gasteiger partial charge in [-0.15, -0.1) is 12.4 Å². The van der Waals surface area contributed by atoms with Gasteiger partial charge in [-0.25, -0.2) is 4.79 Å². The van der Waals surface area contributed by atoms with E-state index in [2.05, 4.69) is 5.32 Å². The average Bonchev–Trinajstić information content (AvgIpc) is 2.64. The van der Waals surface area contributed by atoms with Crippen LogP contribution in [0.1, 0.15) is 11.6 Å². The molecule has 5 nitrogen and oxygen atoms in total. The number of hydrogen-bond donors (Lipinski definition) is 2. The van der Waals surface area contributed by atoms with Crippen molar-refractivity contribution in [3.63, 3.8) is 0 Å². The number of phenolic OH excluding ortho intramolecular Hbond substituents is 1. The first kappa shape index (κ1) is 12.4. The highest BCUT2D eigenvalue weighted by molar-refractivity contribution is 5.85. The molecule has 0 spiro atoms. The normalized spacial score (nSPS) is 18.3. The third-order valence-corrected chi connectivity index (χ3v) is 2.27. The summed E-state index contributed by atoms with van der Waals surface area (Å²) in [6.07, 6.45) is -0.435. The number of hydrogen-bond acceptors (Lipinski definition) is 4. The zero-order chi connectivity index (χ0) is 10.8. The summed E-state index contributed by atoms with van der Waals surface area (Å²) in [5.41, 5.74) is 0.793. The molecule has 6 heteroatoms. The number of methoxy groups -OCH3 is 1. The molecule has 1 atom stereocenters. The van der Waals surface area contributed by atoms with Crippen molar-refractivity contribution in [1.29, 1.82) is 0 Å². The second-order valence-electron chi connectivity index (χ2n) is 3.22. The molecule has 1 aliphatic heterocycles. The SMILES string of the molecule is COc1cc(O)ccc1[C@H]1COC(=O)N1.Cl. The highest BCUT2D eigenvalue weighted by atomic mass is 35.5. The minimum absolute atomic E-state index is 0. The van der Waals surface area contributed by atoms with E-state index in [0.29, 0.717) is 5.75 Å². The Bertz CT molecular complexity index is 396. The molecule has 0 radical (unpaired) electrons. The van der Waals surface area contributed by atoms with Crippen molar-refractivity contribution in [3.05, 3.63) is 23.8 Å². The Morgan fingerprint density at radius 2 is 2.31 bits per heavy atom. The monoisotopic (exact) mass is 245 g/mol. The van der Waals surface area contributed by atoms with Crippen molar-refractivity contribution >= 4 is 18.5 Å². The van der Waals surface area contributed by atoms with Crippen LogP contribution >= 0.6 is 12.4 Å². The molecule has 1 aromatic rings. The van der Waals surface area contributed by atoms with Gasteiger partial charge in [0.1, 0.15) is 18.1 Å². The van der Waals surface area contributed by atoms with Gasteiger partial charge in [-0.05, 0) is 12.1 Å². The van der Waals surface area contributed by atoms with Crippen LogP contribution in [0.25, 0.3) is 0 Å². The van der Waals surface area contributed by atoms with Crippen molar-refractivity contribution in [1.82, 2.24) is 5.32 Å². The molecule has 2 rings (SSSR count). The third-order valence-electron chi connectivity index (χ3n) is 2.27. The van der Waals surface area contributed by atoms with E-state index < -0.39 is 6.09 Å². The van der Waals surface area contributed by atoms with Crippen LogP contribution in [-0.2, 0) is 4.74 Å². The standard InChI is InChI=1S/C10H11NO4.ClH/c1-14-9-4-6(12)2-3-7(9)8-5-15-10(13)11-8;/h2-4,8,12H,5H2,1H3,(H,11,13);1H/t8-;/m1./s1. The highest BCUT2D eigenvalue weighted by Gasteiger charge is 2.26. The molecule has 0 saturated carbocycles. The fraction of sp³-hybridized carbons (Fsp3) is 0.300. The molecule has 0 bridgehead atoms. The molecule has 0 aromatic heterocycles. The maximum atomic E-state index is 10.9. The summed E-state index contributed by atoms with van der Waals surface area (Å²) in [5, 5.41) is 11.9. The van der Waals surface area contributed by atoms with Crippen molar-refractivity contribution < 1.29 is 19.4 Å². The molecule has 1 aromatic carbocycles. The van der Waals surface area contributed by atoms with E-state index in [1.807, 2.05) is 0 Å². The van der Waals surface area contributed by atoms with Crippen LogP contribution in [0.15, 0.2) is 18.2 Å². The highest BCUT2D eigenvalue weighted by Crippen LogP contribution is 2.30. The minimum atomic E-state index is -0.435. The number of amides is 1.